The molecular formula is C17H17FN4O4. The summed E-state index contributed by atoms with van der Waals surface area (Å²) in [4.78, 5) is 28.6. The summed E-state index contributed by atoms with van der Waals surface area (Å²) >= 11 is 0. The first-order chi connectivity index (χ1) is 12.5. The summed E-state index contributed by atoms with van der Waals surface area (Å²) in [6, 6.07) is 4.33. The first-order valence-corrected chi connectivity index (χ1v) is 7.78. The van der Waals surface area contributed by atoms with Crippen LogP contribution in [0.3, 0.4) is 0 Å². The van der Waals surface area contributed by atoms with Gasteiger partial charge in [0.25, 0.3) is 11.5 Å². The molecule has 0 saturated carbocycles. The van der Waals surface area contributed by atoms with Crippen LogP contribution in [-0.4, -0.2) is 45.2 Å². The molecule has 0 aliphatic carbocycles. The van der Waals surface area contributed by atoms with E-state index in [-0.39, 0.29) is 30.1 Å². The Labute approximate surface area is 147 Å². The first-order valence-electron chi connectivity index (χ1n) is 7.78. The number of imidazole rings is 1. The summed E-state index contributed by atoms with van der Waals surface area (Å²) in [7, 11) is 2.94. The average molecular weight is 360 g/mol. The van der Waals surface area contributed by atoms with Crippen LogP contribution >= 0.6 is 0 Å². The van der Waals surface area contributed by atoms with E-state index in [4.69, 9.17) is 9.84 Å². The van der Waals surface area contributed by atoms with E-state index in [1.807, 2.05) is 0 Å². The molecule has 0 bridgehead atoms. The zero-order valence-electron chi connectivity index (χ0n) is 14.2. The van der Waals surface area contributed by atoms with E-state index in [1.54, 1.807) is 6.07 Å². The van der Waals surface area contributed by atoms with Gasteiger partial charge in [-0.15, -0.1) is 0 Å². The number of aliphatic hydroxyl groups is 1. The van der Waals surface area contributed by atoms with Crippen molar-refractivity contribution in [3.63, 3.8) is 0 Å². The molecule has 0 spiro atoms. The highest BCUT2D eigenvalue weighted by Crippen LogP contribution is 2.25. The highest BCUT2D eigenvalue weighted by molar-refractivity contribution is 5.92. The first kappa shape index (κ1) is 17.6. The van der Waals surface area contributed by atoms with E-state index >= 15 is 0 Å². The SMILES string of the molecule is COc1ccc(-c2cn3cc(C(=O)NCCO)nc3c(=O)n2C)c(F)c1. The third-order valence-corrected chi connectivity index (χ3v) is 3.93. The van der Waals surface area contributed by atoms with Gasteiger partial charge < -0.3 is 19.7 Å². The number of aromatic nitrogens is 3. The molecule has 8 nitrogen and oxygen atoms in total. The molecule has 2 aromatic heterocycles. The van der Waals surface area contributed by atoms with Crippen molar-refractivity contribution in [1.82, 2.24) is 19.3 Å². The van der Waals surface area contributed by atoms with Crippen LogP contribution in [0.2, 0.25) is 0 Å². The fourth-order valence-electron chi connectivity index (χ4n) is 2.58. The molecule has 0 unspecified atom stereocenters. The number of fused-ring (bicyclic) bond motifs is 1. The number of amides is 1. The monoisotopic (exact) mass is 360 g/mol. The molecule has 0 aliphatic rings. The quantitative estimate of drug-likeness (QED) is 0.693. The predicted octanol–water partition coefficient (Wildman–Crippen LogP) is 0.570. The third-order valence-electron chi connectivity index (χ3n) is 3.93. The predicted molar refractivity (Wildman–Crippen MR) is 91.8 cm³/mol. The second kappa shape index (κ2) is 6.96. The Kier molecular flexibility index (Phi) is 4.72. The number of hydrogen-bond donors (Lipinski definition) is 2. The van der Waals surface area contributed by atoms with E-state index in [1.165, 1.54) is 47.7 Å². The van der Waals surface area contributed by atoms with Crippen molar-refractivity contribution in [3.05, 3.63) is 52.5 Å². The number of halogens is 1. The molecule has 3 aromatic rings. The van der Waals surface area contributed by atoms with Crippen LogP contribution in [0.5, 0.6) is 5.75 Å². The summed E-state index contributed by atoms with van der Waals surface area (Å²) in [5.74, 6) is -0.690. The van der Waals surface area contributed by atoms with Crippen molar-refractivity contribution >= 4 is 11.6 Å². The number of methoxy groups -OCH3 is 1. The summed E-state index contributed by atoms with van der Waals surface area (Å²) in [5, 5.41) is 11.2. The summed E-state index contributed by atoms with van der Waals surface area (Å²) in [5.41, 5.74) is 0.135. The maximum Gasteiger partial charge on any atom is 0.294 e. The Morgan fingerprint density at radius 2 is 2.15 bits per heavy atom. The standard InChI is InChI=1S/C17H17FN4O4/c1-21-14(11-4-3-10(26-2)7-12(11)18)9-22-8-13(16(24)19-5-6-23)20-15(22)17(21)25/h3-4,7-9,23H,5-6H2,1-2H3,(H,19,24). The van der Waals surface area contributed by atoms with Gasteiger partial charge in [0.05, 0.1) is 19.4 Å². The Bertz CT molecular complexity index is 1040. The molecule has 3 rings (SSSR count). The van der Waals surface area contributed by atoms with Crippen molar-refractivity contribution in [2.75, 3.05) is 20.3 Å². The molecule has 0 fully saturated rings. The van der Waals surface area contributed by atoms with Crippen LogP contribution in [0.1, 0.15) is 10.5 Å². The van der Waals surface area contributed by atoms with Gasteiger partial charge in [0.15, 0.2) is 0 Å². The van der Waals surface area contributed by atoms with E-state index in [0.29, 0.717) is 11.4 Å². The average Bonchev–Trinajstić information content (AvgIpc) is 3.07. The number of carbonyl (C=O) groups excluding carboxylic acids is 1. The Balaban J connectivity index is 2.12. The van der Waals surface area contributed by atoms with E-state index in [9.17, 15) is 14.0 Å². The van der Waals surface area contributed by atoms with E-state index < -0.39 is 17.3 Å². The third kappa shape index (κ3) is 3.04. The van der Waals surface area contributed by atoms with Crippen LogP contribution in [-0.2, 0) is 7.05 Å². The van der Waals surface area contributed by atoms with Crippen LogP contribution in [0, 0.1) is 5.82 Å². The Morgan fingerprint density at radius 1 is 1.38 bits per heavy atom. The van der Waals surface area contributed by atoms with Crippen molar-refractivity contribution in [1.29, 1.82) is 0 Å². The number of aliphatic hydroxyl groups excluding tert-OH is 1. The fraction of sp³-hybridized carbons (Fsp3) is 0.235. The van der Waals surface area contributed by atoms with Gasteiger partial charge in [0.2, 0.25) is 5.65 Å². The van der Waals surface area contributed by atoms with Crippen molar-refractivity contribution in [3.8, 4) is 17.0 Å². The zero-order chi connectivity index (χ0) is 18.8. The number of nitrogens with one attached hydrogen (secondary N) is 1. The molecule has 26 heavy (non-hydrogen) atoms. The molecule has 136 valence electrons. The number of nitrogens with zero attached hydrogens (tertiary/aromatic N) is 3. The molecule has 0 saturated heterocycles. The van der Waals surface area contributed by atoms with Gasteiger partial charge in [-0.1, -0.05) is 0 Å². The smallest absolute Gasteiger partial charge is 0.294 e. The lowest BCUT2D eigenvalue weighted by Crippen LogP contribution is -2.26. The highest BCUT2D eigenvalue weighted by Gasteiger charge is 2.17. The lowest BCUT2D eigenvalue weighted by Gasteiger charge is -2.11. The lowest BCUT2D eigenvalue weighted by molar-refractivity contribution is 0.0940. The molecule has 9 heteroatoms. The largest absolute Gasteiger partial charge is 0.497 e. The van der Waals surface area contributed by atoms with Gasteiger partial charge in [-0.2, -0.15) is 0 Å². The fourth-order valence-corrected chi connectivity index (χ4v) is 2.58. The van der Waals surface area contributed by atoms with Gasteiger partial charge in [0, 0.05) is 37.6 Å². The number of benzene rings is 1. The number of rotatable bonds is 5. The minimum absolute atomic E-state index is 0.0305. The second-order valence-electron chi connectivity index (χ2n) is 5.56. The highest BCUT2D eigenvalue weighted by atomic mass is 19.1. The van der Waals surface area contributed by atoms with Gasteiger partial charge in [0.1, 0.15) is 17.3 Å². The number of ether oxygens (including phenoxy) is 1. The maximum absolute atomic E-state index is 14.4. The van der Waals surface area contributed by atoms with Crippen molar-refractivity contribution in [2.45, 2.75) is 0 Å². The van der Waals surface area contributed by atoms with Crippen LogP contribution in [0.25, 0.3) is 16.9 Å². The molecule has 1 amide bonds. The van der Waals surface area contributed by atoms with Crippen LogP contribution < -0.4 is 15.6 Å². The molecule has 2 heterocycles. The topological polar surface area (TPSA) is 97.9 Å². The summed E-state index contributed by atoms with van der Waals surface area (Å²) in [6.45, 7) is -0.130. The molecule has 0 aliphatic heterocycles. The summed E-state index contributed by atoms with van der Waals surface area (Å²) in [6.07, 6.45) is 2.91. The molecular weight excluding hydrogens is 343 g/mol. The van der Waals surface area contributed by atoms with Gasteiger partial charge >= 0.3 is 0 Å². The normalized spacial score (nSPS) is 10.9. The maximum atomic E-state index is 14.4. The summed E-state index contributed by atoms with van der Waals surface area (Å²) < 4.78 is 22.0. The minimum atomic E-state index is -0.542. The molecule has 2 N–H and O–H groups in total. The van der Waals surface area contributed by atoms with Gasteiger partial charge in [-0.3, -0.25) is 14.0 Å². The molecule has 0 radical (unpaired) electrons. The van der Waals surface area contributed by atoms with Crippen LogP contribution in [0.15, 0.2) is 35.4 Å². The minimum Gasteiger partial charge on any atom is -0.497 e. The van der Waals surface area contributed by atoms with Crippen LogP contribution in [0.4, 0.5) is 4.39 Å². The Hall–Kier alpha value is -3.20. The van der Waals surface area contributed by atoms with E-state index in [0.717, 1.165) is 0 Å². The van der Waals surface area contributed by atoms with Gasteiger partial charge in [-0.05, 0) is 12.1 Å². The Morgan fingerprint density at radius 3 is 2.81 bits per heavy atom. The number of carbonyl (C=O) groups is 1. The lowest BCUT2D eigenvalue weighted by atomic mass is 10.1. The molecule has 1 aromatic carbocycles. The molecule has 0 atom stereocenters. The van der Waals surface area contributed by atoms with Crippen molar-refractivity contribution in [2.24, 2.45) is 7.05 Å². The van der Waals surface area contributed by atoms with Crippen molar-refractivity contribution < 1.29 is 19.0 Å². The number of hydrogen-bond acceptors (Lipinski definition) is 5. The zero-order valence-corrected chi connectivity index (χ0v) is 14.2. The second-order valence-corrected chi connectivity index (χ2v) is 5.56. The van der Waals surface area contributed by atoms with Gasteiger partial charge in [-0.25, -0.2) is 9.37 Å². The van der Waals surface area contributed by atoms with E-state index in [2.05, 4.69) is 10.3 Å².